The van der Waals surface area contributed by atoms with Crippen molar-refractivity contribution < 1.29 is 0 Å². The van der Waals surface area contributed by atoms with Crippen molar-refractivity contribution in [2.45, 2.75) is 26.3 Å². The number of H-pyrrole nitrogens is 1. The Bertz CT molecular complexity index is 938. The van der Waals surface area contributed by atoms with Crippen LogP contribution in [0, 0.1) is 0 Å². The molecule has 1 N–H and O–H groups in total. The van der Waals surface area contributed by atoms with Crippen LogP contribution in [0.4, 0.5) is 11.4 Å². The van der Waals surface area contributed by atoms with E-state index in [0.717, 1.165) is 41.9 Å². The molecule has 0 bridgehead atoms. The van der Waals surface area contributed by atoms with Crippen molar-refractivity contribution in [1.82, 2.24) is 14.5 Å². The first kappa shape index (κ1) is 18.9. The first-order valence-corrected chi connectivity index (χ1v) is 11.2. The number of nitrogens with zero attached hydrogens (tertiary/aromatic N) is 4. The highest BCUT2D eigenvalue weighted by atomic mass is 32.2. The Labute approximate surface area is 157 Å². The van der Waals surface area contributed by atoms with Crippen LogP contribution in [0.1, 0.15) is 20.8 Å². The number of nitrogens with one attached hydrogen (secondary N) is 1. The molecule has 1 aliphatic heterocycles. The van der Waals surface area contributed by atoms with Gasteiger partial charge in [-0.05, 0) is 39.2 Å². The molecule has 0 spiro atoms. The molecule has 1 aliphatic rings. The summed E-state index contributed by atoms with van der Waals surface area (Å²) in [4.78, 5) is 4.58. The third kappa shape index (κ3) is 3.35. The molecular formula is C20H31N5S. The molecule has 1 fully saturated rings. The lowest BCUT2D eigenvalue weighted by atomic mass is 10.0. The van der Waals surface area contributed by atoms with E-state index in [2.05, 4.69) is 74.9 Å². The van der Waals surface area contributed by atoms with Crippen molar-refractivity contribution in [2.75, 3.05) is 42.7 Å². The van der Waals surface area contributed by atoms with Crippen LogP contribution in [0.25, 0.3) is 10.9 Å². The first-order valence-electron chi connectivity index (χ1n) is 8.84. The molecular weight excluding hydrogens is 342 g/mol. The fourth-order valence-corrected chi connectivity index (χ4v) is 5.63. The molecule has 0 atom stereocenters. The van der Waals surface area contributed by atoms with Gasteiger partial charge in [-0.3, -0.25) is 9.40 Å². The summed E-state index contributed by atoms with van der Waals surface area (Å²) in [6, 6.07) is 4.38. The molecule has 1 aromatic heterocycles. The maximum absolute atomic E-state index is 4.33. The fourth-order valence-electron chi connectivity index (χ4n) is 3.86. The second-order valence-corrected chi connectivity index (χ2v) is 11.0. The van der Waals surface area contributed by atoms with Crippen LogP contribution in [-0.4, -0.2) is 64.7 Å². The SMILES string of the molecule is C=C(C)N(C)c1cc(N2CCN(S(=C)(=C)C)C(C)(C)C2)c2cn[nH]c2c1. The monoisotopic (exact) mass is 373 g/mol. The van der Waals surface area contributed by atoms with E-state index in [-0.39, 0.29) is 5.54 Å². The Hall–Kier alpha value is -1.92. The number of aromatic nitrogens is 2. The van der Waals surface area contributed by atoms with E-state index in [9.17, 15) is 0 Å². The zero-order valence-corrected chi connectivity index (χ0v) is 17.5. The molecule has 1 saturated heterocycles. The minimum atomic E-state index is -1.24. The lowest BCUT2D eigenvalue weighted by Crippen LogP contribution is -2.57. The highest BCUT2D eigenvalue weighted by Crippen LogP contribution is 2.38. The molecule has 2 heterocycles. The molecule has 0 radical (unpaired) electrons. The molecule has 6 heteroatoms. The Morgan fingerprint density at radius 3 is 2.58 bits per heavy atom. The summed E-state index contributed by atoms with van der Waals surface area (Å²) in [5, 5.41) is 8.56. The minimum Gasteiger partial charge on any atom is -0.368 e. The Morgan fingerprint density at radius 1 is 1.31 bits per heavy atom. The molecule has 0 unspecified atom stereocenters. The summed E-state index contributed by atoms with van der Waals surface area (Å²) in [7, 11) is 0.812. The predicted molar refractivity (Wildman–Crippen MR) is 120 cm³/mol. The first-order chi connectivity index (χ1) is 12.0. The average molecular weight is 374 g/mol. The van der Waals surface area contributed by atoms with Crippen LogP contribution in [0.2, 0.25) is 0 Å². The van der Waals surface area contributed by atoms with Crippen molar-refractivity contribution in [1.29, 1.82) is 0 Å². The number of allylic oxidation sites excluding steroid dienone is 1. The van der Waals surface area contributed by atoms with E-state index in [4.69, 9.17) is 0 Å². The van der Waals surface area contributed by atoms with Gasteiger partial charge in [-0.1, -0.05) is 18.3 Å². The normalized spacial score (nSPS) is 18.3. The number of fused-ring (bicyclic) bond motifs is 1. The van der Waals surface area contributed by atoms with Gasteiger partial charge in [0.15, 0.2) is 0 Å². The van der Waals surface area contributed by atoms with E-state index in [0.29, 0.717) is 0 Å². The van der Waals surface area contributed by atoms with E-state index >= 15 is 0 Å². The highest BCUT2D eigenvalue weighted by molar-refractivity contribution is 8.25. The second kappa shape index (κ2) is 6.35. The number of rotatable bonds is 4. The summed E-state index contributed by atoms with van der Waals surface area (Å²) in [6.07, 6.45) is 4.09. The maximum atomic E-state index is 4.33. The molecule has 142 valence electrons. The third-order valence-electron chi connectivity index (χ3n) is 5.18. The van der Waals surface area contributed by atoms with Gasteiger partial charge in [0, 0.05) is 54.7 Å². The lowest BCUT2D eigenvalue weighted by molar-refractivity contribution is 0.223. The van der Waals surface area contributed by atoms with Crippen molar-refractivity contribution in [3.63, 3.8) is 0 Å². The van der Waals surface area contributed by atoms with Crippen LogP contribution >= 0.6 is 9.39 Å². The standard InChI is InChI=1S/C20H31N5S/c1-15(2)23(5)16-11-18-17(13-21-22-18)19(12-16)24-9-10-25(26(6,7)8)20(3,4)14-24/h11-13H,1,6-7,9-10,14H2,2-5,8H3,(H,21,22). The van der Waals surface area contributed by atoms with Gasteiger partial charge >= 0.3 is 0 Å². The predicted octanol–water partition coefficient (Wildman–Crippen LogP) is 3.65. The van der Waals surface area contributed by atoms with Crippen LogP contribution in [0.15, 0.2) is 30.6 Å². The molecule has 0 saturated carbocycles. The molecule has 26 heavy (non-hydrogen) atoms. The molecule has 2 aromatic rings. The van der Waals surface area contributed by atoms with Crippen LogP contribution < -0.4 is 9.80 Å². The number of hydrogen-bond acceptors (Lipinski definition) is 4. The third-order valence-corrected chi connectivity index (χ3v) is 6.92. The van der Waals surface area contributed by atoms with Gasteiger partial charge in [0.1, 0.15) is 0 Å². The van der Waals surface area contributed by atoms with Crippen molar-refractivity contribution in [2.24, 2.45) is 0 Å². The number of aromatic amines is 1. The largest absolute Gasteiger partial charge is 0.368 e. The van der Waals surface area contributed by atoms with E-state index in [1.165, 1.54) is 5.69 Å². The maximum Gasteiger partial charge on any atom is 0.0692 e. The number of anilines is 2. The molecule has 1 aromatic carbocycles. The number of benzene rings is 1. The van der Waals surface area contributed by atoms with Gasteiger partial charge in [0.2, 0.25) is 0 Å². The molecule has 0 aliphatic carbocycles. The Balaban J connectivity index is 2.03. The molecule has 0 amide bonds. The molecule has 5 nitrogen and oxygen atoms in total. The van der Waals surface area contributed by atoms with E-state index in [1.54, 1.807) is 0 Å². The van der Waals surface area contributed by atoms with Gasteiger partial charge in [-0.2, -0.15) is 14.5 Å². The summed E-state index contributed by atoms with van der Waals surface area (Å²) >= 11 is 0. The summed E-state index contributed by atoms with van der Waals surface area (Å²) in [5.41, 5.74) is 4.41. The Morgan fingerprint density at radius 2 is 2.00 bits per heavy atom. The average Bonchev–Trinajstić information content (AvgIpc) is 2.99. The van der Waals surface area contributed by atoms with Gasteiger partial charge < -0.3 is 9.80 Å². The molecule has 3 rings (SSSR count). The van der Waals surface area contributed by atoms with Crippen molar-refractivity contribution in [3.05, 3.63) is 30.6 Å². The van der Waals surface area contributed by atoms with Crippen LogP contribution in [-0.2, 0) is 0 Å². The van der Waals surface area contributed by atoms with E-state index in [1.807, 2.05) is 20.2 Å². The van der Waals surface area contributed by atoms with Crippen molar-refractivity contribution in [3.8, 4) is 0 Å². The second-order valence-electron chi connectivity index (χ2n) is 8.15. The van der Waals surface area contributed by atoms with Gasteiger partial charge in [0.05, 0.1) is 11.7 Å². The Kier molecular flexibility index (Phi) is 4.61. The van der Waals surface area contributed by atoms with Gasteiger partial charge in [0.25, 0.3) is 0 Å². The highest BCUT2D eigenvalue weighted by Gasteiger charge is 2.35. The summed E-state index contributed by atoms with van der Waals surface area (Å²) in [6.45, 7) is 13.5. The van der Waals surface area contributed by atoms with Crippen LogP contribution in [0.5, 0.6) is 0 Å². The summed E-state index contributed by atoms with van der Waals surface area (Å²) < 4.78 is 2.48. The quantitative estimate of drug-likeness (QED) is 0.831. The minimum absolute atomic E-state index is 0.0121. The zero-order valence-electron chi connectivity index (χ0n) is 16.7. The van der Waals surface area contributed by atoms with Crippen LogP contribution in [0.3, 0.4) is 0 Å². The number of piperazine rings is 1. The number of hydrogen-bond donors (Lipinski definition) is 1. The smallest absolute Gasteiger partial charge is 0.0692 e. The topological polar surface area (TPSA) is 38.4 Å². The van der Waals surface area contributed by atoms with Crippen molar-refractivity contribution >= 4 is 43.4 Å². The van der Waals surface area contributed by atoms with E-state index < -0.39 is 9.39 Å². The summed E-state index contributed by atoms with van der Waals surface area (Å²) in [5.74, 6) is 8.67. The van der Waals surface area contributed by atoms with Gasteiger partial charge in [-0.25, -0.2) is 0 Å². The fraction of sp³-hybridized carbons (Fsp3) is 0.450. The lowest BCUT2D eigenvalue weighted by Gasteiger charge is -2.50. The zero-order chi connectivity index (χ0) is 19.3. The van der Waals surface area contributed by atoms with Gasteiger partial charge in [-0.15, -0.1) is 0 Å².